The summed E-state index contributed by atoms with van der Waals surface area (Å²) in [6.45, 7) is 4.79. The smallest absolute Gasteiger partial charge is 0.262 e. The second kappa shape index (κ2) is 6.41. The van der Waals surface area contributed by atoms with Crippen molar-refractivity contribution in [2.45, 2.75) is 26.8 Å². The van der Waals surface area contributed by atoms with Gasteiger partial charge in [0.05, 0.1) is 11.7 Å². The van der Waals surface area contributed by atoms with Crippen LogP contribution in [-0.2, 0) is 11.3 Å². The van der Waals surface area contributed by atoms with Gasteiger partial charge < -0.3 is 5.32 Å². The highest BCUT2D eigenvalue weighted by Crippen LogP contribution is 2.25. The number of aromatic nitrogens is 2. The highest BCUT2D eigenvalue weighted by molar-refractivity contribution is 7.80. The van der Waals surface area contributed by atoms with Crippen LogP contribution in [0.4, 0.5) is 0 Å². The van der Waals surface area contributed by atoms with Crippen molar-refractivity contribution in [1.82, 2.24) is 14.9 Å². The molecule has 0 radical (unpaired) electrons. The van der Waals surface area contributed by atoms with Crippen LogP contribution in [0.3, 0.4) is 0 Å². The zero-order chi connectivity index (χ0) is 14.7. The zero-order valence-electron chi connectivity index (χ0n) is 11.5. The molecule has 7 heteroatoms. The second-order valence-electron chi connectivity index (χ2n) is 4.53. The predicted molar refractivity (Wildman–Crippen MR) is 84.8 cm³/mol. The first-order valence-electron chi connectivity index (χ1n) is 6.37. The molecule has 108 valence electrons. The van der Waals surface area contributed by atoms with Crippen molar-refractivity contribution in [2.24, 2.45) is 0 Å². The number of thiol groups is 1. The monoisotopic (exact) mass is 311 g/mol. The molecule has 20 heavy (non-hydrogen) atoms. The molecule has 2 aromatic rings. The molecule has 0 unspecified atom stereocenters. The lowest BCUT2D eigenvalue weighted by Gasteiger charge is -2.06. The number of rotatable bonds is 5. The number of aryl methyl sites for hydroxylation is 3. The Labute approximate surface area is 126 Å². The Morgan fingerprint density at radius 2 is 2.25 bits per heavy atom. The quantitative estimate of drug-likeness (QED) is 0.823. The molecule has 0 aliphatic carbocycles. The molecule has 0 spiro atoms. The van der Waals surface area contributed by atoms with Gasteiger partial charge >= 0.3 is 0 Å². The van der Waals surface area contributed by atoms with E-state index in [1.807, 2.05) is 13.8 Å². The highest BCUT2D eigenvalue weighted by Gasteiger charge is 2.12. The lowest BCUT2D eigenvalue weighted by atomic mass is 10.2. The van der Waals surface area contributed by atoms with Crippen molar-refractivity contribution in [1.29, 1.82) is 0 Å². The Hall–Kier alpha value is -1.34. The molecule has 0 aliphatic rings. The predicted octanol–water partition coefficient (Wildman–Crippen LogP) is 1.51. The lowest BCUT2D eigenvalue weighted by molar-refractivity contribution is -0.121. The minimum Gasteiger partial charge on any atom is -0.355 e. The zero-order valence-corrected chi connectivity index (χ0v) is 13.2. The molecule has 0 fully saturated rings. The van der Waals surface area contributed by atoms with Crippen LogP contribution in [0.15, 0.2) is 11.1 Å². The van der Waals surface area contributed by atoms with Gasteiger partial charge in [0.1, 0.15) is 4.83 Å². The Morgan fingerprint density at radius 3 is 2.95 bits per heavy atom. The number of hydrogen-bond acceptors (Lipinski definition) is 5. The first-order valence-corrected chi connectivity index (χ1v) is 7.82. The Morgan fingerprint density at radius 1 is 1.50 bits per heavy atom. The summed E-state index contributed by atoms with van der Waals surface area (Å²) in [5.41, 5.74) is 0.912. The van der Waals surface area contributed by atoms with Crippen LogP contribution in [0.2, 0.25) is 0 Å². The van der Waals surface area contributed by atoms with Gasteiger partial charge in [-0.15, -0.1) is 11.3 Å². The number of carbonyl (C=O) groups excluding carboxylic acids is 1. The molecule has 0 saturated heterocycles. The van der Waals surface area contributed by atoms with Crippen molar-refractivity contribution in [3.63, 3.8) is 0 Å². The number of nitrogens with zero attached hydrogens (tertiary/aromatic N) is 2. The van der Waals surface area contributed by atoms with Gasteiger partial charge in [-0.2, -0.15) is 12.6 Å². The highest BCUT2D eigenvalue weighted by atomic mass is 32.1. The van der Waals surface area contributed by atoms with E-state index in [-0.39, 0.29) is 17.9 Å². The summed E-state index contributed by atoms with van der Waals surface area (Å²) in [5.74, 6) is 0.524. The van der Waals surface area contributed by atoms with Crippen molar-refractivity contribution >= 4 is 40.1 Å². The molecule has 2 aromatic heterocycles. The lowest BCUT2D eigenvalue weighted by Crippen LogP contribution is -2.28. The molecule has 0 bridgehead atoms. The van der Waals surface area contributed by atoms with E-state index in [1.54, 1.807) is 0 Å². The van der Waals surface area contributed by atoms with E-state index >= 15 is 0 Å². The molecular weight excluding hydrogens is 294 g/mol. The molecular formula is C13H17N3O2S2. The Bertz CT molecular complexity index is 691. The van der Waals surface area contributed by atoms with E-state index in [4.69, 9.17) is 0 Å². The van der Waals surface area contributed by atoms with E-state index in [0.717, 1.165) is 15.3 Å². The minimum atomic E-state index is -0.0794. The molecule has 0 saturated carbocycles. The van der Waals surface area contributed by atoms with Crippen LogP contribution in [0.1, 0.15) is 16.9 Å². The van der Waals surface area contributed by atoms with Crippen molar-refractivity contribution in [3.05, 3.63) is 27.1 Å². The summed E-state index contributed by atoms with van der Waals surface area (Å²) >= 11 is 5.55. The fourth-order valence-electron chi connectivity index (χ4n) is 1.93. The maximum Gasteiger partial charge on any atom is 0.262 e. The number of carbonyl (C=O) groups is 1. The fourth-order valence-corrected chi connectivity index (χ4v) is 3.03. The average Bonchev–Trinajstić information content (AvgIpc) is 2.72. The number of nitrogens with one attached hydrogen (secondary N) is 1. The standard InChI is InChI=1S/C13H17N3O2S2/c1-8-9(2)20-12-11(8)13(18)16(7-15-12)5-3-10(17)14-4-6-19/h7,19H,3-6H2,1-2H3,(H,14,17). The first-order chi connectivity index (χ1) is 9.54. The van der Waals surface area contributed by atoms with Crippen LogP contribution in [-0.4, -0.2) is 27.8 Å². The molecule has 1 N–H and O–H groups in total. The molecule has 0 aliphatic heterocycles. The van der Waals surface area contributed by atoms with Crippen molar-refractivity contribution < 1.29 is 4.79 Å². The maximum atomic E-state index is 12.4. The third-order valence-corrected chi connectivity index (χ3v) is 4.51. The van der Waals surface area contributed by atoms with Gasteiger partial charge in [-0.05, 0) is 19.4 Å². The van der Waals surface area contributed by atoms with E-state index < -0.39 is 0 Å². The van der Waals surface area contributed by atoms with Gasteiger partial charge in [0.25, 0.3) is 5.56 Å². The summed E-state index contributed by atoms with van der Waals surface area (Å²) in [6.07, 6.45) is 1.79. The SMILES string of the molecule is Cc1sc2ncn(CCC(=O)NCCS)c(=O)c2c1C. The van der Waals surface area contributed by atoms with Crippen molar-refractivity contribution in [3.8, 4) is 0 Å². The second-order valence-corrected chi connectivity index (χ2v) is 6.18. The van der Waals surface area contributed by atoms with Gasteiger partial charge in [-0.25, -0.2) is 4.98 Å². The molecule has 5 nitrogen and oxygen atoms in total. The summed E-state index contributed by atoms with van der Waals surface area (Å²) in [5, 5.41) is 3.40. The Balaban J connectivity index is 2.19. The largest absolute Gasteiger partial charge is 0.355 e. The van der Waals surface area contributed by atoms with Gasteiger partial charge in [0.2, 0.25) is 5.91 Å². The Kier molecular flexibility index (Phi) is 4.82. The van der Waals surface area contributed by atoms with Gasteiger partial charge in [0.15, 0.2) is 0 Å². The number of thiophene rings is 1. The van der Waals surface area contributed by atoms with E-state index in [1.165, 1.54) is 22.2 Å². The minimum absolute atomic E-state index is 0.0705. The van der Waals surface area contributed by atoms with E-state index in [0.29, 0.717) is 24.2 Å². The summed E-state index contributed by atoms with van der Waals surface area (Å²) in [4.78, 5) is 30.1. The van der Waals surface area contributed by atoms with Crippen LogP contribution in [0.5, 0.6) is 0 Å². The van der Waals surface area contributed by atoms with Crippen LogP contribution in [0.25, 0.3) is 10.2 Å². The van der Waals surface area contributed by atoms with Gasteiger partial charge in [0, 0.05) is 30.1 Å². The van der Waals surface area contributed by atoms with Crippen LogP contribution < -0.4 is 10.9 Å². The molecule has 2 rings (SSSR count). The van der Waals surface area contributed by atoms with Crippen LogP contribution in [0, 0.1) is 13.8 Å². The summed E-state index contributed by atoms with van der Waals surface area (Å²) in [6, 6.07) is 0. The topological polar surface area (TPSA) is 64.0 Å². The van der Waals surface area contributed by atoms with Gasteiger partial charge in [-0.3, -0.25) is 14.2 Å². The van der Waals surface area contributed by atoms with E-state index in [2.05, 4.69) is 22.9 Å². The number of amides is 1. The third-order valence-electron chi connectivity index (χ3n) is 3.17. The number of hydrogen-bond donors (Lipinski definition) is 2. The molecule has 1 amide bonds. The maximum absolute atomic E-state index is 12.4. The summed E-state index contributed by atoms with van der Waals surface area (Å²) in [7, 11) is 0. The molecule has 2 heterocycles. The average molecular weight is 311 g/mol. The van der Waals surface area contributed by atoms with Crippen molar-refractivity contribution in [2.75, 3.05) is 12.3 Å². The number of fused-ring (bicyclic) bond motifs is 1. The summed E-state index contributed by atoms with van der Waals surface area (Å²) < 4.78 is 1.50. The fraction of sp³-hybridized carbons (Fsp3) is 0.462. The molecule has 0 aromatic carbocycles. The van der Waals surface area contributed by atoms with E-state index in [9.17, 15) is 9.59 Å². The normalized spacial score (nSPS) is 10.9. The third kappa shape index (κ3) is 3.04. The molecule has 0 atom stereocenters. The van der Waals surface area contributed by atoms with Crippen LogP contribution >= 0.6 is 24.0 Å². The first kappa shape index (κ1) is 15.1. The van der Waals surface area contributed by atoms with Gasteiger partial charge in [-0.1, -0.05) is 0 Å².